The minimum atomic E-state index is 0.468. The van der Waals surface area contributed by atoms with Crippen molar-refractivity contribution in [3.8, 4) is 0 Å². The van der Waals surface area contributed by atoms with Crippen LogP contribution in [0.4, 0.5) is 0 Å². The fraction of sp³-hybridized carbons (Fsp3) is 1.00. The molecule has 94 valence electrons. The summed E-state index contributed by atoms with van der Waals surface area (Å²) in [6.07, 6.45) is 14.3. The summed E-state index contributed by atoms with van der Waals surface area (Å²) >= 11 is 0. The van der Waals surface area contributed by atoms with Crippen LogP contribution in [0.25, 0.3) is 0 Å². The second-order valence-electron chi connectivity index (χ2n) is 5.57. The molecule has 0 amide bonds. The molecular formula is C14H27NO. The molecule has 2 N–H and O–H groups in total. The summed E-state index contributed by atoms with van der Waals surface area (Å²) < 4.78 is 6.34. The average Bonchev–Trinajstić information content (AvgIpc) is 2.55. The van der Waals surface area contributed by atoms with E-state index in [-0.39, 0.29) is 0 Å². The summed E-state index contributed by atoms with van der Waals surface area (Å²) in [4.78, 5) is 0. The van der Waals surface area contributed by atoms with Crippen LogP contribution >= 0.6 is 0 Å². The number of ether oxygens (including phenoxy) is 1. The third-order valence-corrected chi connectivity index (χ3v) is 4.31. The maximum atomic E-state index is 6.34. The summed E-state index contributed by atoms with van der Waals surface area (Å²) in [6, 6.07) is 0. The molecular weight excluding hydrogens is 198 g/mol. The van der Waals surface area contributed by atoms with Gasteiger partial charge in [-0.1, -0.05) is 38.5 Å². The van der Waals surface area contributed by atoms with Crippen LogP contribution in [0.3, 0.4) is 0 Å². The predicted molar refractivity (Wildman–Crippen MR) is 67.4 cm³/mol. The van der Waals surface area contributed by atoms with Crippen LogP contribution in [0.15, 0.2) is 0 Å². The van der Waals surface area contributed by atoms with Crippen LogP contribution in [0.2, 0.25) is 0 Å². The zero-order valence-corrected chi connectivity index (χ0v) is 10.5. The minimum Gasteiger partial charge on any atom is -0.375 e. The largest absolute Gasteiger partial charge is 0.375 e. The van der Waals surface area contributed by atoms with E-state index >= 15 is 0 Å². The molecule has 2 aliphatic carbocycles. The minimum absolute atomic E-state index is 0.468. The fourth-order valence-corrected chi connectivity index (χ4v) is 3.25. The van der Waals surface area contributed by atoms with E-state index in [1.165, 1.54) is 64.2 Å². The monoisotopic (exact) mass is 225 g/mol. The average molecular weight is 225 g/mol. The molecule has 0 bridgehead atoms. The van der Waals surface area contributed by atoms with Gasteiger partial charge in [-0.3, -0.25) is 0 Å². The highest BCUT2D eigenvalue weighted by molar-refractivity contribution is 4.77. The van der Waals surface area contributed by atoms with Crippen molar-refractivity contribution in [3.63, 3.8) is 0 Å². The van der Waals surface area contributed by atoms with E-state index in [4.69, 9.17) is 10.5 Å². The maximum absolute atomic E-state index is 6.34. The van der Waals surface area contributed by atoms with Crippen LogP contribution in [-0.4, -0.2) is 18.8 Å². The molecule has 0 aromatic carbocycles. The lowest BCUT2D eigenvalue weighted by atomic mass is 9.94. The quantitative estimate of drug-likeness (QED) is 0.748. The van der Waals surface area contributed by atoms with E-state index in [0.29, 0.717) is 18.1 Å². The molecule has 2 atom stereocenters. The number of hydrogen-bond donors (Lipinski definition) is 1. The first-order valence-corrected chi connectivity index (χ1v) is 7.25. The summed E-state index contributed by atoms with van der Waals surface area (Å²) in [5.41, 5.74) is 5.89. The van der Waals surface area contributed by atoms with Crippen molar-refractivity contribution in [1.82, 2.24) is 0 Å². The van der Waals surface area contributed by atoms with E-state index < -0.39 is 0 Å². The molecule has 0 aliphatic heterocycles. The lowest BCUT2D eigenvalue weighted by Crippen LogP contribution is -2.33. The van der Waals surface area contributed by atoms with Gasteiger partial charge in [-0.15, -0.1) is 0 Å². The van der Waals surface area contributed by atoms with Crippen molar-refractivity contribution in [2.24, 2.45) is 11.7 Å². The van der Waals surface area contributed by atoms with Gasteiger partial charge in [-0.25, -0.2) is 0 Å². The van der Waals surface area contributed by atoms with Gasteiger partial charge in [0.1, 0.15) is 0 Å². The van der Waals surface area contributed by atoms with Gasteiger partial charge < -0.3 is 10.5 Å². The van der Waals surface area contributed by atoms with Crippen LogP contribution in [0.5, 0.6) is 0 Å². The van der Waals surface area contributed by atoms with Crippen molar-refractivity contribution >= 4 is 0 Å². The summed E-state index contributed by atoms with van der Waals surface area (Å²) in [6.45, 7) is 0.817. The van der Waals surface area contributed by atoms with E-state index in [2.05, 4.69) is 0 Å². The Morgan fingerprint density at radius 1 is 0.812 bits per heavy atom. The van der Waals surface area contributed by atoms with Crippen molar-refractivity contribution in [2.45, 2.75) is 76.4 Å². The van der Waals surface area contributed by atoms with Gasteiger partial charge in [0.05, 0.1) is 12.2 Å². The molecule has 2 fully saturated rings. The smallest absolute Gasteiger partial charge is 0.0619 e. The highest BCUT2D eigenvalue weighted by Gasteiger charge is 2.26. The van der Waals surface area contributed by atoms with Gasteiger partial charge >= 0.3 is 0 Å². The molecule has 0 spiro atoms. The second-order valence-corrected chi connectivity index (χ2v) is 5.57. The molecule has 0 aromatic heterocycles. The topological polar surface area (TPSA) is 35.2 Å². The first kappa shape index (κ1) is 12.4. The molecule has 2 unspecified atom stereocenters. The molecule has 2 saturated carbocycles. The van der Waals surface area contributed by atoms with E-state index in [9.17, 15) is 0 Å². The Morgan fingerprint density at radius 2 is 1.44 bits per heavy atom. The highest BCUT2D eigenvalue weighted by Crippen LogP contribution is 2.29. The van der Waals surface area contributed by atoms with Crippen molar-refractivity contribution in [3.05, 3.63) is 0 Å². The summed E-state index contributed by atoms with van der Waals surface area (Å²) in [7, 11) is 0. The Bertz CT molecular complexity index is 189. The van der Waals surface area contributed by atoms with E-state index in [1.54, 1.807) is 0 Å². The van der Waals surface area contributed by atoms with Crippen LogP contribution in [-0.2, 0) is 4.74 Å². The van der Waals surface area contributed by atoms with Crippen molar-refractivity contribution < 1.29 is 4.74 Å². The zero-order valence-electron chi connectivity index (χ0n) is 10.5. The molecule has 2 nitrogen and oxygen atoms in total. The van der Waals surface area contributed by atoms with Gasteiger partial charge in [0.15, 0.2) is 0 Å². The SMILES string of the molecule is NCC1CCCCCC1OC1CCCCC1. The molecule has 16 heavy (non-hydrogen) atoms. The van der Waals surface area contributed by atoms with Gasteiger partial charge in [-0.05, 0) is 38.1 Å². The van der Waals surface area contributed by atoms with Crippen LogP contribution in [0, 0.1) is 5.92 Å². The Kier molecular flexibility index (Phi) is 5.11. The number of nitrogens with two attached hydrogens (primary N) is 1. The molecule has 2 rings (SSSR count). The highest BCUT2D eigenvalue weighted by atomic mass is 16.5. The normalized spacial score (nSPS) is 33.6. The van der Waals surface area contributed by atoms with Gasteiger partial charge in [0.2, 0.25) is 0 Å². The third kappa shape index (κ3) is 3.46. The molecule has 0 radical (unpaired) electrons. The Morgan fingerprint density at radius 3 is 2.12 bits per heavy atom. The summed E-state index contributed by atoms with van der Waals surface area (Å²) in [5.74, 6) is 0.629. The van der Waals surface area contributed by atoms with Crippen LogP contribution in [0.1, 0.15) is 64.2 Å². The van der Waals surface area contributed by atoms with Crippen molar-refractivity contribution in [1.29, 1.82) is 0 Å². The molecule has 0 aromatic rings. The number of hydrogen-bond acceptors (Lipinski definition) is 2. The second kappa shape index (κ2) is 6.61. The summed E-state index contributed by atoms with van der Waals surface area (Å²) in [5, 5.41) is 0. The Hall–Kier alpha value is -0.0800. The maximum Gasteiger partial charge on any atom is 0.0619 e. The third-order valence-electron chi connectivity index (χ3n) is 4.31. The standard InChI is InChI=1S/C14H27NO/c15-11-12-7-3-1-6-10-14(12)16-13-8-4-2-5-9-13/h12-14H,1-11,15H2. The lowest BCUT2D eigenvalue weighted by Gasteiger charge is -2.31. The first-order chi connectivity index (χ1) is 7.90. The van der Waals surface area contributed by atoms with Gasteiger partial charge in [-0.2, -0.15) is 0 Å². The Balaban J connectivity index is 1.83. The predicted octanol–water partition coefficient (Wildman–Crippen LogP) is 3.24. The van der Waals surface area contributed by atoms with Gasteiger partial charge in [0.25, 0.3) is 0 Å². The fourth-order valence-electron chi connectivity index (χ4n) is 3.25. The lowest BCUT2D eigenvalue weighted by molar-refractivity contribution is -0.0582. The van der Waals surface area contributed by atoms with E-state index in [0.717, 1.165) is 6.54 Å². The van der Waals surface area contributed by atoms with Crippen LogP contribution < -0.4 is 5.73 Å². The number of rotatable bonds is 3. The van der Waals surface area contributed by atoms with Crippen molar-refractivity contribution in [2.75, 3.05) is 6.54 Å². The molecule has 2 heteroatoms. The zero-order chi connectivity index (χ0) is 11.2. The van der Waals surface area contributed by atoms with E-state index in [1.807, 2.05) is 0 Å². The molecule has 0 heterocycles. The molecule has 2 aliphatic rings. The first-order valence-electron chi connectivity index (χ1n) is 7.25. The molecule has 0 saturated heterocycles. The van der Waals surface area contributed by atoms with Gasteiger partial charge in [0, 0.05) is 0 Å². The Labute approximate surface area is 99.9 Å².